The van der Waals surface area contributed by atoms with Crippen LogP contribution < -0.4 is 0 Å². The number of hydrogen-bond acceptors (Lipinski definition) is 4. The Kier molecular flexibility index (Phi) is 5.91. The van der Waals surface area contributed by atoms with Gasteiger partial charge in [0.25, 0.3) is 0 Å². The van der Waals surface area contributed by atoms with Crippen LogP contribution in [0.4, 0.5) is 0 Å². The van der Waals surface area contributed by atoms with E-state index in [0.29, 0.717) is 10.9 Å². The number of benzene rings is 1. The summed E-state index contributed by atoms with van der Waals surface area (Å²) in [5, 5.41) is 0. The zero-order valence-electron chi connectivity index (χ0n) is 13.9. The van der Waals surface area contributed by atoms with Crippen LogP contribution in [0.3, 0.4) is 0 Å². The van der Waals surface area contributed by atoms with Gasteiger partial charge in [0, 0.05) is 37.8 Å². The summed E-state index contributed by atoms with van der Waals surface area (Å²) in [5.74, 6) is 0. The molecule has 1 aromatic heterocycles. The van der Waals surface area contributed by atoms with Crippen LogP contribution in [0.5, 0.6) is 0 Å². The molecule has 4 nitrogen and oxygen atoms in total. The molecule has 0 saturated carbocycles. The molecule has 0 aliphatic rings. The number of sulfone groups is 1. The SMILES string of the molecule is CC[C@@H](C)N(Cc1ccncc1)Cc1ccc(S(C)(=O)=O)cc1. The van der Waals surface area contributed by atoms with Crippen molar-refractivity contribution in [1.29, 1.82) is 0 Å². The molecule has 0 fully saturated rings. The van der Waals surface area contributed by atoms with E-state index in [4.69, 9.17) is 0 Å². The van der Waals surface area contributed by atoms with Crippen molar-refractivity contribution in [3.63, 3.8) is 0 Å². The van der Waals surface area contributed by atoms with Gasteiger partial charge in [0.1, 0.15) is 0 Å². The number of pyridine rings is 1. The molecule has 124 valence electrons. The second-order valence-electron chi connectivity index (χ2n) is 5.93. The lowest BCUT2D eigenvalue weighted by Gasteiger charge is -2.28. The van der Waals surface area contributed by atoms with Crippen molar-refractivity contribution < 1.29 is 8.42 Å². The number of aromatic nitrogens is 1. The third kappa shape index (κ3) is 5.15. The lowest BCUT2D eigenvalue weighted by molar-refractivity contribution is 0.186. The van der Waals surface area contributed by atoms with Crippen LogP contribution in [0.1, 0.15) is 31.4 Å². The maximum Gasteiger partial charge on any atom is 0.175 e. The lowest BCUT2D eigenvalue weighted by atomic mass is 10.1. The average Bonchev–Trinajstić information content (AvgIpc) is 2.54. The van der Waals surface area contributed by atoms with Gasteiger partial charge in [-0.2, -0.15) is 0 Å². The molecule has 0 bridgehead atoms. The molecule has 1 aromatic carbocycles. The van der Waals surface area contributed by atoms with Crippen LogP contribution >= 0.6 is 0 Å². The van der Waals surface area contributed by atoms with E-state index >= 15 is 0 Å². The lowest BCUT2D eigenvalue weighted by Crippen LogP contribution is -2.31. The largest absolute Gasteiger partial charge is 0.292 e. The van der Waals surface area contributed by atoms with E-state index in [1.165, 1.54) is 11.8 Å². The molecule has 0 spiro atoms. The summed E-state index contributed by atoms with van der Waals surface area (Å²) >= 11 is 0. The quantitative estimate of drug-likeness (QED) is 0.781. The summed E-state index contributed by atoms with van der Waals surface area (Å²) in [7, 11) is -3.14. The van der Waals surface area contributed by atoms with Gasteiger partial charge >= 0.3 is 0 Å². The van der Waals surface area contributed by atoms with E-state index in [1.807, 2.05) is 36.7 Å². The first-order chi connectivity index (χ1) is 10.9. The third-order valence-electron chi connectivity index (χ3n) is 4.09. The minimum Gasteiger partial charge on any atom is -0.292 e. The van der Waals surface area contributed by atoms with Crippen LogP contribution in [-0.2, 0) is 22.9 Å². The second-order valence-corrected chi connectivity index (χ2v) is 7.95. The molecule has 0 N–H and O–H groups in total. The summed E-state index contributed by atoms with van der Waals surface area (Å²) in [4.78, 5) is 6.82. The van der Waals surface area contributed by atoms with Gasteiger partial charge in [0.05, 0.1) is 4.90 Å². The Morgan fingerprint density at radius 2 is 1.52 bits per heavy atom. The third-order valence-corrected chi connectivity index (χ3v) is 5.21. The molecule has 1 atom stereocenters. The smallest absolute Gasteiger partial charge is 0.175 e. The predicted octanol–water partition coefficient (Wildman–Crippen LogP) is 3.29. The summed E-state index contributed by atoms with van der Waals surface area (Å²) < 4.78 is 23.1. The fourth-order valence-electron chi connectivity index (χ4n) is 2.43. The van der Waals surface area contributed by atoms with E-state index in [1.54, 1.807) is 12.1 Å². The van der Waals surface area contributed by atoms with Crippen LogP contribution in [0.2, 0.25) is 0 Å². The number of hydrogen-bond donors (Lipinski definition) is 0. The Morgan fingerprint density at radius 1 is 1.00 bits per heavy atom. The molecule has 0 radical (unpaired) electrons. The Hall–Kier alpha value is -1.72. The van der Waals surface area contributed by atoms with E-state index in [0.717, 1.165) is 25.1 Å². The van der Waals surface area contributed by atoms with Gasteiger partial charge in [0.15, 0.2) is 9.84 Å². The van der Waals surface area contributed by atoms with Crippen molar-refractivity contribution >= 4 is 9.84 Å². The van der Waals surface area contributed by atoms with Gasteiger partial charge in [-0.15, -0.1) is 0 Å². The van der Waals surface area contributed by atoms with Crippen LogP contribution in [0.25, 0.3) is 0 Å². The molecule has 0 unspecified atom stereocenters. The molecule has 0 aliphatic carbocycles. The van der Waals surface area contributed by atoms with Gasteiger partial charge in [-0.05, 0) is 48.7 Å². The predicted molar refractivity (Wildman–Crippen MR) is 92.8 cm³/mol. The zero-order valence-corrected chi connectivity index (χ0v) is 14.8. The molecule has 23 heavy (non-hydrogen) atoms. The summed E-state index contributed by atoms with van der Waals surface area (Å²) in [5.41, 5.74) is 2.35. The Balaban J connectivity index is 2.14. The molecule has 1 heterocycles. The van der Waals surface area contributed by atoms with E-state index < -0.39 is 9.84 Å². The summed E-state index contributed by atoms with van der Waals surface area (Å²) in [6, 6.07) is 11.7. The summed E-state index contributed by atoms with van der Waals surface area (Å²) in [6.07, 6.45) is 5.92. The van der Waals surface area contributed by atoms with Crippen LogP contribution in [0.15, 0.2) is 53.7 Å². The highest BCUT2D eigenvalue weighted by molar-refractivity contribution is 7.90. The van der Waals surface area contributed by atoms with Crippen molar-refractivity contribution in [1.82, 2.24) is 9.88 Å². The van der Waals surface area contributed by atoms with Gasteiger partial charge in [0.2, 0.25) is 0 Å². The standard InChI is InChI=1S/C18H24N2O2S/c1-4-15(2)20(14-17-9-11-19-12-10-17)13-16-5-7-18(8-6-16)23(3,21)22/h5-12,15H,4,13-14H2,1-3H3/t15-/m1/s1. The van der Waals surface area contributed by atoms with Gasteiger partial charge in [-0.1, -0.05) is 19.1 Å². The fraction of sp³-hybridized carbons (Fsp3) is 0.389. The Morgan fingerprint density at radius 3 is 2.00 bits per heavy atom. The minimum atomic E-state index is -3.14. The molecular formula is C18H24N2O2S. The molecular weight excluding hydrogens is 308 g/mol. The van der Waals surface area contributed by atoms with Gasteiger partial charge in [-0.25, -0.2) is 8.42 Å². The second kappa shape index (κ2) is 7.70. The monoisotopic (exact) mass is 332 g/mol. The topological polar surface area (TPSA) is 50.3 Å². The molecule has 0 amide bonds. The Labute approximate surface area is 139 Å². The van der Waals surface area contributed by atoms with Crippen molar-refractivity contribution in [3.8, 4) is 0 Å². The van der Waals surface area contributed by atoms with Crippen LogP contribution in [-0.4, -0.2) is 30.6 Å². The van der Waals surface area contributed by atoms with Gasteiger partial charge < -0.3 is 0 Å². The fourth-order valence-corrected chi connectivity index (χ4v) is 3.06. The van der Waals surface area contributed by atoms with Crippen LogP contribution in [0, 0.1) is 0 Å². The molecule has 0 aliphatic heterocycles. The summed E-state index contributed by atoms with van der Waals surface area (Å²) in [6.45, 7) is 6.04. The molecule has 0 saturated heterocycles. The van der Waals surface area contributed by atoms with Crippen molar-refractivity contribution in [2.24, 2.45) is 0 Å². The number of rotatable bonds is 7. The maximum absolute atomic E-state index is 11.5. The zero-order chi connectivity index (χ0) is 16.9. The van der Waals surface area contributed by atoms with Gasteiger partial charge in [-0.3, -0.25) is 9.88 Å². The van der Waals surface area contributed by atoms with Crippen molar-refractivity contribution in [2.75, 3.05) is 6.26 Å². The highest BCUT2D eigenvalue weighted by Crippen LogP contribution is 2.17. The van der Waals surface area contributed by atoms with Crippen molar-refractivity contribution in [3.05, 3.63) is 59.9 Å². The first kappa shape index (κ1) is 17.6. The molecule has 2 aromatic rings. The van der Waals surface area contributed by atoms with E-state index in [9.17, 15) is 8.42 Å². The van der Waals surface area contributed by atoms with E-state index in [-0.39, 0.29) is 0 Å². The first-order valence-corrected chi connectivity index (χ1v) is 9.71. The molecule has 5 heteroatoms. The van der Waals surface area contributed by atoms with Crippen molar-refractivity contribution in [2.45, 2.75) is 44.3 Å². The highest BCUT2D eigenvalue weighted by atomic mass is 32.2. The average molecular weight is 332 g/mol. The first-order valence-electron chi connectivity index (χ1n) is 7.82. The normalized spacial score (nSPS) is 13.2. The molecule has 2 rings (SSSR count). The minimum absolute atomic E-state index is 0.366. The highest BCUT2D eigenvalue weighted by Gasteiger charge is 2.14. The maximum atomic E-state index is 11.5. The van der Waals surface area contributed by atoms with E-state index in [2.05, 4.69) is 23.7 Å². The number of nitrogens with zero attached hydrogens (tertiary/aromatic N) is 2. The Bertz CT molecular complexity index is 712.